The van der Waals surface area contributed by atoms with Gasteiger partial charge in [-0.1, -0.05) is 0 Å². The molecular weight excluding hydrogens is 1710 g/mol. The SMILES string of the molecule is CN(C(=O)C[C@H](CCCN=C(N)N)NC(=O)CCN1CCNCC1)C1CN=C(NC(N)=O)NC1=O.CN(C(=O)C[C@H](CCCN=C(N)N)NC(=O)CCN=C(N)N)C1CN=C(NC(N)=O)NC1=O.CN(C(=O)C[C@H](CCCN=C(N)N)NCCCCN=C(N)N)C1CN=C(NC(N)=O)NC1=O.CN(C(=O)C[C@H](CCCN=C(N)N)NCCCN)C1CN=C(NC(N)=O)NC1=O. The Morgan fingerprint density at radius 2 is 0.631 bits per heavy atom. The molecule has 5 rings (SSSR count). The summed E-state index contributed by atoms with van der Waals surface area (Å²) in [5.41, 5.74) is 89.4. The van der Waals surface area contributed by atoms with Gasteiger partial charge in [-0.2, -0.15) is 0 Å². The van der Waals surface area contributed by atoms with Gasteiger partial charge in [-0.05, 0) is 90.3 Å². The number of carbonyl (C=O) groups excluding carboxylic acids is 14. The highest BCUT2D eigenvalue weighted by Crippen LogP contribution is 2.16. The third kappa shape index (κ3) is 49.7. The van der Waals surface area contributed by atoms with Gasteiger partial charge in [0.2, 0.25) is 59.3 Å². The number of piperazine rings is 1. The number of unbranched alkanes of at least 4 members (excludes halogenated alkanes) is 1. The lowest BCUT2D eigenvalue weighted by atomic mass is 10.1. The Labute approximate surface area is 751 Å². The lowest BCUT2D eigenvalue weighted by molar-refractivity contribution is -0.139. The Bertz CT molecular complexity index is 4030. The van der Waals surface area contributed by atoms with E-state index in [9.17, 15) is 67.1 Å². The van der Waals surface area contributed by atoms with E-state index in [2.05, 4.69) is 124 Å². The van der Waals surface area contributed by atoms with Gasteiger partial charge in [-0.3, -0.25) is 120 Å². The molecule has 0 radical (unpaired) electrons. The molecule has 5 heterocycles. The zero-order valence-electron chi connectivity index (χ0n) is 74.1. The van der Waals surface area contributed by atoms with Gasteiger partial charge in [-0.25, -0.2) is 39.1 Å². The van der Waals surface area contributed by atoms with E-state index in [1.807, 2.05) is 0 Å². The van der Waals surface area contributed by atoms with Crippen LogP contribution in [0.3, 0.4) is 0 Å². The number of urea groups is 4. The first-order chi connectivity index (χ1) is 61.5. The third-order valence-corrected chi connectivity index (χ3v) is 19.3. The van der Waals surface area contributed by atoms with Gasteiger partial charge >= 0.3 is 24.1 Å². The molecule has 730 valence electrons. The van der Waals surface area contributed by atoms with Crippen LogP contribution in [0, 0.1) is 0 Å². The van der Waals surface area contributed by atoms with Crippen LogP contribution >= 0.6 is 0 Å². The van der Waals surface area contributed by atoms with Crippen LogP contribution in [0.5, 0.6) is 0 Å². The van der Waals surface area contributed by atoms with Gasteiger partial charge in [-0.15, -0.1) is 0 Å². The minimum atomic E-state index is -0.893. The summed E-state index contributed by atoms with van der Waals surface area (Å²) in [6.07, 6.45) is 7.72. The molecule has 0 aromatic heterocycles. The number of primary amides is 4. The Kier molecular flexibility index (Phi) is 53.5. The standard InChI is InChI=1S/C20H37N11O4.C18H36N12O3.C17H32N12O4.C16H32N10O3/c1-30(14-12-26-20(28-17(14)34)29-19(23)35)16(33)11-13(3-2-5-25-18(21)22)27-15(32)4-8-31-9-6-24-7-10-31;1-30(12-10-27-18(28-14(12)32)29-17(23)33)13(31)9-11(5-4-8-26-16(21)22)24-6-2-3-7-25-15(19)20;1-29(10-8-25-17(27-13(10)32)28-16(22)33)12(31)7-9(3-2-5-23-14(18)19)26-11(30)4-6-24-15(20)21;1-26(11-9-23-16(24-13(11)28)25-15(20)29)12(27)8-10(21-7-3-5-17)4-2-6-22-14(18)19/h13-14,24H,2-12H2,1H3,(H,27,32)(H4,21,22,25)(H4,23,26,28,29,34,35);11-12,24H,2-10H2,1H3,(H4,19,20,25)(H4,21,22,26)(H4,23,27,28,29,32,33);9-10H,2-8H2,1H3,(H,26,30)(H4,18,19,23)(H4,20,21,24)(H4,22,25,27,28,32,33);10-11,21H,2-9,17H2,1H3,(H4,18,19,22)(H4,20,23,24,25,28,29)/t13-,14?;11-,12?;9-,10?;10-,11?/m0000/s1. The molecule has 47 N–H and O–H groups in total. The summed E-state index contributed by atoms with van der Waals surface area (Å²) in [7, 11) is 6.04. The maximum atomic E-state index is 13.0. The normalized spacial score (nSPS) is 17.0. The van der Waals surface area contributed by atoms with Gasteiger partial charge in [0.1, 0.15) is 24.2 Å². The van der Waals surface area contributed by atoms with Crippen LogP contribution < -0.4 is 167 Å². The van der Waals surface area contributed by atoms with Gasteiger partial charge in [0.05, 0.1) is 32.7 Å². The van der Waals surface area contributed by atoms with Crippen LogP contribution in [0.2, 0.25) is 0 Å². The van der Waals surface area contributed by atoms with Crippen LogP contribution in [-0.4, -0.2) is 362 Å². The van der Waals surface area contributed by atoms with Crippen LogP contribution in [0.25, 0.3) is 0 Å². The van der Waals surface area contributed by atoms with Crippen LogP contribution in [0.1, 0.15) is 109 Å². The maximum absolute atomic E-state index is 13.0. The van der Waals surface area contributed by atoms with E-state index in [4.69, 9.17) is 97.5 Å². The van der Waals surface area contributed by atoms with Crippen molar-refractivity contribution in [1.82, 2.24) is 93.6 Å². The average Bonchev–Trinajstić information content (AvgIpc) is 0.849. The van der Waals surface area contributed by atoms with E-state index in [0.29, 0.717) is 117 Å². The molecule has 0 aromatic rings. The van der Waals surface area contributed by atoms with Gasteiger partial charge < -0.3 is 149 Å². The number of nitrogens with two attached hydrogens (primary N) is 17. The summed E-state index contributed by atoms with van der Waals surface area (Å²) in [5, 5.41) is 34.1. The molecule has 5 aliphatic rings. The number of hydrogen-bond donors (Lipinski definition) is 30. The molecule has 0 spiro atoms. The summed E-state index contributed by atoms with van der Waals surface area (Å²) < 4.78 is 0. The lowest BCUT2D eigenvalue weighted by Gasteiger charge is -2.30. The maximum Gasteiger partial charge on any atom is 0.318 e. The number of hydrogen-bond acceptors (Lipinski definition) is 29. The predicted octanol–water partition coefficient (Wildman–Crippen LogP) is -15.1. The molecule has 8 atom stereocenters. The quantitative estimate of drug-likeness (QED) is 0.0153. The highest BCUT2D eigenvalue weighted by molar-refractivity contribution is 6.10. The number of nitrogens with zero attached hydrogens (tertiary/aromatic N) is 15. The molecular formula is C71H137N45O14. The fourth-order valence-electron chi connectivity index (χ4n) is 12.5. The molecule has 5 aliphatic heterocycles. The van der Waals surface area contributed by atoms with Gasteiger partial charge in [0.15, 0.2) is 35.8 Å². The molecule has 1 saturated heterocycles. The molecule has 0 bridgehead atoms. The summed E-state index contributed by atoms with van der Waals surface area (Å²) in [6, 6.07) is -7.96. The van der Waals surface area contributed by atoms with E-state index in [-0.39, 0.29) is 166 Å². The molecule has 0 aliphatic carbocycles. The number of amides is 18. The molecule has 59 nitrogen and oxygen atoms in total. The number of carbonyl (C=O) groups is 14. The van der Waals surface area contributed by atoms with Crippen molar-refractivity contribution in [3.8, 4) is 0 Å². The largest absolute Gasteiger partial charge is 0.370 e. The van der Waals surface area contributed by atoms with Crippen molar-refractivity contribution >= 4 is 143 Å². The monoisotopic (exact) mass is 1840 g/mol. The van der Waals surface area contributed by atoms with E-state index in [0.717, 1.165) is 45.4 Å². The Morgan fingerprint density at radius 1 is 0.369 bits per heavy atom. The minimum Gasteiger partial charge on any atom is -0.370 e. The molecule has 59 heteroatoms. The van der Waals surface area contributed by atoms with E-state index in [1.54, 1.807) is 14.1 Å². The zero-order chi connectivity index (χ0) is 97.4. The highest BCUT2D eigenvalue weighted by Gasteiger charge is 2.37. The number of aliphatic imine (C=N–C) groups is 10. The fraction of sp³-hybridized carbons (Fsp3) is 0.662. The lowest BCUT2D eigenvalue weighted by Crippen LogP contribution is -2.58. The predicted molar refractivity (Wildman–Crippen MR) is 487 cm³/mol. The van der Waals surface area contributed by atoms with Gasteiger partial charge in [0, 0.05) is 156 Å². The highest BCUT2D eigenvalue weighted by atomic mass is 16.2. The van der Waals surface area contributed by atoms with Crippen molar-refractivity contribution in [1.29, 1.82) is 0 Å². The summed E-state index contributed by atoms with van der Waals surface area (Å²) in [5.74, 6) is -3.90. The molecule has 0 aromatic carbocycles. The molecule has 1 fully saturated rings. The number of nitrogens with one attached hydrogen (secondary N) is 13. The van der Waals surface area contributed by atoms with E-state index >= 15 is 0 Å². The average molecular weight is 1850 g/mol. The second-order valence-electron chi connectivity index (χ2n) is 29.7. The van der Waals surface area contributed by atoms with E-state index in [1.165, 1.54) is 33.7 Å². The van der Waals surface area contributed by atoms with E-state index < -0.39 is 89.9 Å². The number of likely N-dealkylation sites (N-methyl/N-ethyl adjacent to an activating group) is 4. The van der Waals surface area contributed by atoms with Crippen LogP contribution in [-0.2, 0) is 47.9 Å². The molecule has 18 amide bonds. The Morgan fingerprint density at radius 3 is 0.908 bits per heavy atom. The third-order valence-electron chi connectivity index (χ3n) is 19.3. The van der Waals surface area contributed by atoms with Crippen molar-refractivity contribution in [2.75, 3.05) is 146 Å². The van der Waals surface area contributed by atoms with Crippen LogP contribution in [0.4, 0.5) is 19.2 Å². The first-order valence-corrected chi connectivity index (χ1v) is 41.7. The Balaban J connectivity index is 0.000000588. The summed E-state index contributed by atoms with van der Waals surface area (Å²) >= 11 is 0. The van der Waals surface area contributed by atoms with Crippen LogP contribution in [0.15, 0.2) is 49.9 Å². The minimum absolute atomic E-state index is 0.00240. The zero-order valence-corrected chi connectivity index (χ0v) is 74.1. The van der Waals surface area contributed by atoms with Crippen molar-refractivity contribution in [3.05, 3.63) is 0 Å². The summed E-state index contributed by atoms with van der Waals surface area (Å²) in [6.45, 7) is 8.29. The number of rotatable bonds is 46. The smallest absolute Gasteiger partial charge is 0.318 e. The molecule has 0 saturated carbocycles. The van der Waals surface area contributed by atoms with Crippen molar-refractivity contribution in [3.63, 3.8) is 0 Å². The van der Waals surface area contributed by atoms with Gasteiger partial charge in [0.25, 0.3) is 23.6 Å². The second kappa shape index (κ2) is 62.1. The first-order valence-electron chi connectivity index (χ1n) is 41.7. The first kappa shape index (κ1) is 112. The second-order valence-corrected chi connectivity index (χ2v) is 29.7. The summed E-state index contributed by atoms with van der Waals surface area (Å²) in [4.78, 5) is 216. The number of guanidine groups is 10. The molecule has 130 heavy (non-hydrogen) atoms. The fourth-order valence-corrected chi connectivity index (χ4v) is 12.5. The van der Waals surface area contributed by atoms with Crippen molar-refractivity contribution in [2.45, 2.75) is 157 Å². The van der Waals surface area contributed by atoms with Crippen molar-refractivity contribution < 1.29 is 67.1 Å². The van der Waals surface area contributed by atoms with Crippen molar-refractivity contribution in [2.24, 2.45) is 147 Å². The molecule has 4 unspecified atom stereocenters. The Hall–Kier alpha value is -14.1. The topological polar surface area (TPSA) is 978 Å².